The van der Waals surface area contributed by atoms with Gasteiger partial charge in [-0.3, -0.25) is 4.90 Å². The minimum Gasteiger partial charge on any atom is -0.379 e. The number of ether oxygens (including phenoxy) is 1. The van der Waals surface area contributed by atoms with Gasteiger partial charge in [-0.15, -0.1) is 0 Å². The number of allylic oxidation sites excluding steroid dienone is 1. The summed E-state index contributed by atoms with van der Waals surface area (Å²) in [6.07, 6.45) is 2.87. The van der Waals surface area contributed by atoms with Crippen molar-refractivity contribution in [3.8, 4) is 6.07 Å². The Kier molecular flexibility index (Phi) is 5.84. The molecule has 0 atom stereocenters. The van der Waals surface area contributed by atoms with Gasteiger partial charge in [-0.1, -0.05) is 12.2 Å². The van der Waals surface area contributed by atoms with Gasteiger partial charge in [0.1, 0.15) is 0 Å². The van der Waals surface area contributed by atoms with E-state index in [2.05, 4.69) is 22.4 Å². The molecule has 0 aromatic carbocycles. The molecule has 0 amide bonds. The Balaban J connectivity index is 1.63. The van der Waals surface area contributed by atoms with Crippen molar-refractivity contribution < 1.29 is 4.74 Å². The fraction of sp³-hybridized carbons (Fsp3) is 0.800. The molecular formula is C15H25N3O. The fourth-order valence-electron chi connectivity index (χ4n) is 2.92. The highest BCUT2D eigenvalue weighted by Crippen LogP contribution is 2.25. The second kappa shape index (κ2) is 7.64. The van der Waals surface area contributed by atoms with E-state index in [9.17, 15) is 0 Å². The fourth-order valence-corrected chi connectivity index (χ4v) is 2.92. The molecule has 4 heteroatoms. The van der Waals surface area contributed by atoms with Gasteiger partial charge in [-0.25, -0.2) is 0 Å². The molecule has 0 aliphatic carbocycles. The number of hydrogen-bond acceptors (Lipinski definition) is 4. The topological polar surface area (TPSA) is 39.5 Å². The third-order valence-corrected chi connectivity index (χ3v) is 4.31. The van der Waals surface area contributed by atoms with Crippen LogP contribution in [0.4, 0.5) is 0 Å². The molecule has 2 aliphatic rings. The summed E-state index contributed by atoms with van der Waals surface area (Å²) in [5, 5.41) is 8.71. The molecule has 2 heterocycles. The van der Waals surface area contributed by atoms with Crippen molar-refractivity contribution in [1.29, 1.82) is 5.26 Å². The van der Waals surface area contributed by atoms with Crippen LogP contribution in [0.5, 0.6) is 0 Å². The van der Waals surface area contributed by atoms with Crippen LogP contribution in [0.25, 0.3) is 0 Å². The Morgan fingerprint density at radius 3 is 2.26 bits per heavy atom. The molecule has 19 heavy (non-hydrogen) atoms. The minimum atomic E-state index is 0.526. The monoisotopic (exact) mass is 263 g/mol. The first-order valence-corrected chi connectivity index (χ1v) is 7.36. The van der Waals surface area contributed by atoms with Gasteiger partial charge in [0.15, 0.2) is 0 Å². The first-order chi connectivity index (χ1) is 9.29. The lowest BCUT2D eigenvalue weighted by molar-refractivity contribution is 0.0317. The normalized spacial score (nSPS) is 23.1. The highest BCUT2D eigenvalue weighted by Gasteiger charge is 2.21. The van der Waals surface area contributed by atoms with Crippen molar-refractivity contribution in [1.82, 2.24) is 9.80 Å². The van der Waals surface area contributed by atoms with E-state index in [1.807, 2.05) is 0 Å². The van der Waals surface area contributed by atoms with Gasteiger partial charge in [0.25, 0.3) is 0 Å². The number of likely N-dealkylation sites (tertiary alicyclic amines) is 1. The summed E-state index contributed by atoms with van der Waals surface area (Å²) < 4.78 is 5.36. The maximum Gasteiger partial charge on any atom is 0.0666 e. The van der Waals surface area contributed by atoms with Gasteiger partial charge < -0.3 is 9.64 Å². The summed E-state index contributed by atoms with van der Waals surface area (Å²) in [7, 11) is 0. The number of piperidine rings is 1. The predicted molar refractivity (Wildman–Crippen MR) is 75.8 cm³/mol. The van der Waals surface area contributed by atoms with E-state index in [-0.39, 0.29) is 0 Å². The number of rotatable bonds is 5. The zero-order chi connectivity index (χ0) is 13.5. The molecule has 4 nitrogen and oxygen atoms in total. The van der Waals surface area contributed by atoms with E-state index in [1.54, 1.807) is 0 Å². The van der Waals surface area contributed by atoms with Crippen LogP contribution in [0.1, 0.15) is 19.3 Å². The SMILES string of the molecule is C=C(CC#N)C1CCN(CCN2CCOCC2)CC1. The molecule has 0 aromatic heterocycles. The molecule has 106 valence electrons. The van der Waals surface area contributed by atoms with E-state index in [4.69, 9.17) is 10.00 Å². The predicted octanol–water partition coefficient (Wildman–Crippen LogP) is 1.50. The molecule has 0 spiro atoms. The molecule has 0 N–H and O–H groups in total. The largest absolute Gasteiger partial charge is 0.379 e. The zero-order valence-corrected chi connectivity index (χ0v) is 11.8. The molecule has 2 aliphatic heterocycles. The smallest absolute Gasteiger partial charge is 0.0666 e. The average molecular weight is 263 g/mol. The molecule has 2 rings (SSSR count). The molecule has 0 aromatic rings. The Hall–Kier alpha value is -0.890. The third-order valence-electron chi connectivity index (χ3n) is 4.31. The lowest BCUT2D eigenvalue weighted by Crippen LogP contribution is -2.43. The van der Waals surface area contributed by atoms with E-state index in [1.165, 1.54) is 12.8 Å². The van der Waals surface area contributed by atoms with Gasteiger partial charge in [-0.05, 0) is 31.8 Å². The molecule has 0 radical (unpaired) electrons. The molecule has 2 fully saturated rings. The van der Waals surface area contributed by atoms with Crippen molar-refractivity contribution in [2.24, 2.45) is 5.92 Å². The van der Waals surface area contributed by atoms with E-state index in [0.29, 0.717) is 12.3 Å². The van der Waals surface area contributed by atoms with Crippen LogP contribution < -0.4 is 0 Å². The van der Waals surface area contributed by atoms with Crippen molar-refractivity contribution in [3.05, 3.63) is 12.2 Å². The molecule has 0 unspecified atom stereocenters. The van der Waals surface area contributed by atoms with Crippen molar-refractivity contribution in [2.75, 3.05) is 52.5 Å². The van der Waals surface area contributed by atoms with Crippen molar-refractivity contribution >= 4 is 0 Å². The van der Waals surface area contributed by atoms with Gasteiger partial charge in [0.2, 0.25) is 0 Å². The maximum absolute atomic E-state index is 8.71. The lowest BCUT2D eigenvalue weighted by Gasteiger charge is -2.34. The molecule has 0 bridgehead atoms. The standard InChI is InChI=1S/C15H25N3O/c1-14(2-5-16)15-3-6-17(7-4-15)8-9-18-10-12-19-13-11-18/h15H,1-4,6-13H2. The van der Waals surface area contributed by atoms with Gasteiger partial charge in [-0.2, -0.15) is 5.26 Å². The van der Waals surface area contributed by atoms with Gasteiger partial charge in [0.05, 0.1) is 25.7 Å². The van der Waals surface area contributed by atoms with Crippen LogP contribution in [0.2, 0.25) is 0 Å². The first-order valence-electron chi connectivity index (χ1n) is 7.36. The van der Waals surface area contributed by atoms with Crippen LogP contribution in [0.15, 0.2) is 12.2 Å². The van der Waals surface area contributed by atoms with Crippen LogP contribution in [-0.2, 0) is 4.74 Å². The third kappa shape index (κ3) is 4.61. The lowest BCUT2D eigenvalue weighted by atomic mass is 9.88. The quantitative estimate of drug-likeness (QED) is 0.705. The summed E-state index contributed by atoms with van der Waals surface area (Å²) in [6, 6.07) is 2.21. The molecule has 0 saturated carbocycles. The zero-order valence-electron chi connectivity index (χ0n) is 11.8. The highest BCUT2D eigenvalue weighted by atomic mass is 16.5. The Labute approximate surface area is 116 Å². The van der Waals surface area contributed by atoms with Crippen molar-refractivity contribution in [2.45, 2.75) is 19.3 Å². The molecular weight excluding hydrogens is 238 g/mol. The van der Waals surface area contributed by atoms with E-state index in [0.717, 1.165) is 58.1 Å². The number of nitriles is 1. The second-order valence-corrected chi connectivity index (χ2v) is 5.56. The summed E-state index contributed by atoms with van der Waals surface area (Å²) >= 11 is 0. The first kappa shape index (κ1) is 14.5. The summed E-state index contributed by atoms with van der Waals surface area (Å²) in [4.78, 5) is 5.04. The van der Waals surface area contributed by atoms with E-state index < -0.39 is 0 Å². The Morgan fingerprint density at radius 2 is 1.68 bits per heavy atom. The Bertz CT molecular complexity index is 323. The number of hydrogen-bond donors (Lipinski definition) is 0. The highest BCUT2D eigenvalue weighted by molar-refractivity contribution is 5.07. The van der Waals surface area contributed by atoms with Crippen molar-refractivity contribution in [3.63, 3.8) is 0 Å². The maximum atomic E-state index is 8.71. The summed E-state index contributed by atoms with van der Waals surface area (Å²) in [5.74, 6) is 0.569. The van der Waals surface area contributed by atoms with Crippen LogP contribution in [0, 0.1) is 17.2 Å². The van der Waals surface area contributed by atoms with Gasteiger partial charge in [0, 0.05) is 26.2 Å². The van der Waals surface area contributed by atoms with E-state index >= 15 is 0 Å². The second-order valence-electron chi connectivity index (χ2n) is 5.56. The minimum absolute atomic E-state index is 0.526. The van der Waals surface area contributed by atoms with Crippen LogP contribution >= 0.6 is 0 Å². The Morgan fingerprint density at radius 1 is 1.11 bits per heavy atom. The number of morpholine rings is 1. The van der Waals surface area contributed by atoms with Gasteiger partial charge >= 0.3 is 0 Å². The average Bonchev–Trinajstić information content (AvgIpc) is 2.47. The van der Waals surface area contributed by atoms with Crippen LogP contribution in [0.3, 0.4) is 0 Å². The summed E-state index contributed by atoms with van der Waals surface area (Å²) in [5.41, 5.74) is 1.13. The summed E-state index contributed by atoms with van der Waals surface area (Å²) in [6.45, 7) is 12.6. The molecule has 2 saturated heterocycles. The van der Waals surface area contributed by atoms with Crippen LogP contribution in [-0.4, -0.2) is 62.3 Å². The number of nitrogens with zero attached hydrogens (tertiary/aromatic N) is 3.